The average molecular weight is 456 g/mol. The predicted octanol–water partition coefficient (Wildman–Crippen LogP) is 3.89. The summed E-state index contributed by atoms with van der Waals surface area (Å²) in [5, 5.41) is 6.10. The molecule has 0 aliphatic carbocycles. The number of nitrogens with zero attached hydrogens (tertiary/aromatic N) is 3. The van der Waals surface area contributed by atoms with Crippen LogP contribution in [0.3, 0.4) is 0 Å². The number of anilines is 2. The van der Waals surface area contributed by atoms with E-state index in [-0.39, 0.29) is 12.5 Å². The lowest BCUT2D eigenvalue weighted by atomic mass is 10.1. The lowest BCUT2D eigenvalue weighted by molar-refractivity contribution is 0.0953. The van der Waals surface area contributed by atoms with Crippen LogP contribution in [0.1, 0.15) is 35.7 Å². The number of nitrogens with one attached hydrogen (secondary N) is 2. The van der Waals surface area contributed by atoms with Gasteiger partial charge in [0.1, 0.15) is 23.0 Å². The van der Waals surface area contributed by atoms with Crippen molar-refractivity contribution in [1.29, 1.82) is 0 Å². The van der Waals surface area contributed by atoms with E-state index in [0.29, 0.717) is 66.5 Å². The number of unbranched alkanes of at least 4 members (excludes halogenated alkanes) is 1. The van der Waals surface area contributed by atoms with Crippen molar-refractivity contribution in [3.05, 3.63) is 59.3 Å². The van der Waals surface area contributed by atoms with Gasteiger partial charge in [-0.1, -0.05) is 13.3 Å². The van der Waals surface area contributed by atoms with Gasteiger partial charge in [-0.25, -0.2) is 13.8 Å². The average Bonchev–Trinajstić information content (AvgIpc) is 2.82. The molecular formula is C24H27F2N5O2. The molecule has 33 heavy (non-hydrogen) atoms. The van der Waals surface area contributed by atoms with E-state index >= 15 is 0 Å². The largest absolute Gasteiger partial charge is 0.379 e. The summed E-state index contributed by atoms with van der Waals surface area (Å²) in [5.74, 6) is -0.778. The van der Waals surface area contributed by atoms with E-state index < -0.39 is 11.6 Å². The highest BCUT2D eigenvalue weighted by Gasteiger charge is 2.17. The number of rotatable bonds is 8. The Hall–Kier alpha value is -3.33. The standard InChI is InChI=1S/C24H27F2N5O2/c1-2-3-4-27-24(32)17-11-20(28-14-16-9-18(25)13-19(26)10-16)23-21(12-17)29-15-22(30-23)31-5-7-33-8-6-31/h9-13,15,28H,2-8,14H2,1H3,(H,27,32). The van der Waals surface area contributed by atoms with E-state index in [1.807, 2.05) is 0 Å². The fourth-order valence-corrected chi connectivity index (χ4v) is 3.71. The van der Waals surface area contributed by atoms with Crippen LogP contribution < -0.4 is 15.5 Å². The molecule has 0 atom stereocenters. The third kappa shape index (κ3) is 5.73. The second kappa shape index (κ2) is 10.5. The molecule has 7 nitrogen and oxygen atoms in total. The minimum Gasteiger partial charge on any atom is -0.379 e. The molecular weight excluding hydrogens is 428 g/mol. The van der Waals surface area contributed by atoms with Gasteiger partial charge in [0.05, 0.1) is 30.6 Å². The van der Waals surface area contributed by atoms with Crippen LogP contribution >= 0.6 is 0 Å². The highest BCUT2D eigenvalue weighted by atomic mass is 19.1. The van der Waals surface area contributed by atoms with Crippen molar-refractivity contribution in [2.45, 2.75) is 26.3 Å². The van der Waals surface area contributed by atoms with Crippen molar-refractivity contribution < 1.29 is 18.3 Å². The Balaban J connectivity index is 1.67. The van der Waals surface area contributed by atoms with Crippen molar-refractivity contribution in [1.82, 2.24) is 15.3 Å². The van der Waals surface area contributed by atoms with Crippen LogP contribution in [-0.4, -0.2) is 48.7 Å². The third-order valence-corrected chi connectivity index (χ3v) is 5.45. The molecule has 1 amide bonds. The molecule has 0 saturated carbocycles. The van der Waals surface area contributed by atoms with Gasteiger partial charge in [0.25, 0.3) is 5.91 Å². The Labute approximate surface area is 191 Å². The summed E-state index contributed by atoms with van der Waals surface area (Å²) in [6, 6.07) is 6.78. The summed E-state index contributed by atoms with van der Waals surface area (Å²) < 4.78 is 32.7. The molecule has 2 aromatic carbocycles. The maximum absolute atomic E-state index is 13.6. The minimum absolute atomic E-state index is 0.161. The number of carbonyl (C=O) groups excluding carboxylic acids is 1. The van der Waals surface area contributed by atoms with Gasteiger partial charge in [0, 0.05) is 37.8 Å². The second-order valence-electron chi connectivity index (χ2n) is 7.96. The molecule has 0 spiro atoms. The first-order valence-corrected chi connectivity index (χ1v) is 11.1. The van der Waals surface area contributed by atoms with Gasteiger partial charge in [-0.05, 0) is 36.2 Å². The molecule has 0 unspecified atom stereocenters. The first-order chi connectivity index (χ1) is 16.0. The van der Waals surface area contributed by atoms with Crippen molar-refractivity contribution in [3.63, 3.8) is 0 Å². The zero-order chi connectivity index (χ0) is 23.2. The first kappa shape index (κ1) is 22.8. The van der Waals surface area contributed by atoms with Crippen LogP contribution in [0.25, 0.3) is 11.0 Å². The summed E-state index contributed by atoms with van der Waals surface area (Å²) in [6.45, 7) is 5.46. The van der Waals surface area contributed by atoms with E-state index in [9.17, 15) is 13.6 Å². The normalized spacial score (nSPS) is 13.8. The van der Waals surface area contributed by atoms with Crippen molar-refractivity contribution in [2.24, 2.45) is 0 Å². The summed E-state index contributed by atoms with van der Waals surface area (Å²) in [5.41, 5.74) is 2.60. The molecule has 2 N–H and O–H groups in total. The summed E-state index contributed by atoms with van der Waals surface area (Å²) in [6.07, 6.45) is 3.56. The Morgan fingerprint density at radius 1 is 1.12 bits per heavy atom. The van der Waals surface area contributed by atoms with Gasteiger partial charge >= 0.3 is 0 Å². The maximum atomic E-state index is 13.6. The number of ether oxygens (including phenoxy) is 1. The zero-order valence-corrected chi connectivity index (χ0v) is 18.5. The molecule has 1 aromatic heterocycles. The molecule has 9 heteroatoms. The number of carbonyl (C=O) groups is 1. The fraction of sp³-hybridized carbons (Fsp3) is 0.375. The third-order valence-electron chi connectivity index (χ3n) is 5.45. The van der Waals surface area contributed by atoms with Crippen LogP contribution in [0.15, 0.2) is 36.5 Å². The van der Waals surface area contributed by atoms with E-state index in [0.717, 1.165) is 18.9 Å². The molecule has 1 fully saturated rings. The van der Waals surface area contributed by atoms with E-state index in [1.165, 1.54) is 12.1 Å². The van der Waals surface area contributed by atoms with Crippen LogP contribution in [-0.2, 0) is 11.3 Å². The van der Waals surface area contributed by atoms with Crippen LogP contribution in [0.5, 0.6) is 0 Å². The molecule has 1 saturated heterocycles. The summed E-state index contributed by atoms with van der Waals surface area (Å²) in [7, 11) is 0. The molecule has 4 rings (SSSR count). The maximum Gasteiger partial charge on any atom is 0.251 e. The van der Waals surface area contributed by atoms with E-state index in [2.05, 4.69) is 27.4 Å². The van der Waals surface area contributed by atoms with Gasteiger partial charge in [-0.3, -0.25) is 9.78 Å². The number of aromatic nitrogens is 2. The van der Waals surface area contributed by atoms with Gasteiger partial charge in [-0.15, -0.1) is 0 Å². The molecule has 1 aliphatic heterocycles. The number of halogens is 2. The Kier molecular flexibility index (Phi) is 7.29. The zero-order valence-electron chi connectivity index (χ0n) is 18.5. The van der Waals surface area contributed by atoms with Crippen molar-refractivity contribution >= 4 is 28.4 Å². The number of benzene rings is 2. The predicted molar refractivity (Wildman–Crippen MR) is 123 cm³/mol. The lowest BCUT2D eigenvalue weighted by Crippen LogP contribution is -2.36. The lowest BCUT2D eigenvalue weighted by Gasteiger charge is -2.27. The van der Waals surface area contributed by atoms with Crippen LogP contribution in [0.2, 0.25) is 0 Å². The Morgan fingerprint density at radius 3 is 2.61 bits per heavy atom. The number of morpholine rings is 1. The smallest absolute Gasteiger partial charge is 0.251 e. The van der Waals surface area contributed by atoms with E-state index in [4.69, 9.17) is 9.72 Å². The molecule has 2 heterocycles. The van der Waals surface area contributed by atoms with Crippen molar-refractivity contribution in [2.75, 3.05) is 43.1 Å². The quantitative estimate of drug-likeness (QED) is 0.502. The van der Waals surface area contributed by atoms with Gasteiger partial charge in [-0.2, -0.15) is 0 Å². The van der Waals surface area contributed by atoms with Gasteiger partial charge in [0.2, 0.25) is 0 Å². The number of amides is 1. The SMILES string of the molecule is CCCCNC(=O)c1cc(NCc2cc(F)cc(F)c2)c2nc(N3CCOCC3)cnc2c1. The second-order valence-corrected chi connectivity index (χ2v) is 7.96. The Morgan fingerprint density at radius 2 is 1.88 bits per heavy atom. The number of hydrogen-bond acceptors (Lipinski definition) is 6. The summed E-state index contributed by atoms with van der Waals surface area (Å²) >= 11 is 0. The highest BCUT2D eigenvalue weighted by molar-refractivity contribution is 6.01. The number of hydrogen-bond donors (Lipinski definition) is 2. The molecule has 3 aromatic rings. The van der Waals surface area contributed by atoms with Crippen molar-refractivity contribution in [3.8, 4) is 0 Å². The summed E-state index contributed by atoms with van der Waals surface area (Å²) in [4.78, 5) is 24.1. The fourth-order valence-electron chi connectivity index (χ4n) is 3.71. The van der Waals surface area contributed by atoms with Crippen LogP contribution in [0.4, 0.5) is 20.3 Å². The molecule has 174 valence electrons. The first-order valence-electron chi connectivity index (χ1n) is 11.1. The van der Waals surface area contributed by atoms with Crippen LogP contribution in [0, 0.1) is 11.6 Å². The van der Waals surface area contributed by atoms with E-state index in [1.54, 1.807) is 18.3 Å². The monoisotopic (exact) mass is 455 g/mol. The minimum atomic E-state index is -0.643. The Bertz CT molecular complexity index is 1120. The molecule has 1 aliphatic rings. The highest BCUT2D eigenvalue weighted by Crippen LogP contribution is 2.26. The topological polar surface area (TPSA) is 79.4 Å². The molecule has 0 radical (unpaired) electrons. The molecule has 0 bridgehead atoms. The van der Waals surface area contributed by atoms with Gasteiger partial charge in [0.15, 0.2) is 0 Å². The number of fused-ring (bicyclic) bond motifs is 1. The van der Waals surface area contributed by atoms with Gasteiger partial charge < -0.3 is 20.3 Å².